The number of quaternary nitrogens is 1. The number of nitrogens with one attached hydrogen (secondary N) is 2. The number of rotatable bonds is 7. The third kappa shape index (κ3) is 5.08. The molecular weight excluding hydrogens is 342 g/mol. The summed E-state index contributed by atoms with van der Waals surface area (Å²) in [4.78, 5) is 27.0. The van der Waals surface area contributed by atoms with Gasteiger partial charge in [-0.15, -0.1) is 0 Å². The van der Waals surface area contributed by atoms with Gasteiger partial charge >= 0.3 is 0 Å². The number of methoxy groups -OCH3 is 1. The van der Waals surface area contributed by atoms with E-state index in [-0.39, 0.29) is 11.8 Å². The molecule has 0 aromatic heterocycles. The van der Waals surface area contributed by atoms with Crippen molar-refractivity contribution in [3.05, 3.63) is 54.1 Å². The van der Waals surface area contributed by atoms with Gasteiger partial charge in [-0.05, 0) is 55.0 Å². The zero-order valence-corrected chi connectivity index (χ0v) is 15.8. The molecule has 1 fully saturated rings. The minimum atomic E-state index is -0.0361. The number of likely N-dealkylation sites (N-methyl/N-ethyl adjacent to an activating group) is 1. The lowest BCUT2D eigenvalue weighted by atomic mass is 10.2. The van der Waals surface area contributed by atoms with Gasteiger partial charge in [0, 0.05) is 29.9 Å². The molecule has 0 radical (unpaired) electrons. The van der Waals surface area contributed by atoms with Crippen LogP contribution in [0.1, 0.15) is 18.4 Å². The SMILES string of the molecule is COc1ccc(C[NH+](C)CC(=O)Nc2ccc(N3CCCC3=O)cc2)cc1. The fraction of sp³-hybridized carbons (Fsp3) is 0.333. The van der Waals surface area contributed by atoms with Crippen LogP contribution >= 0.6 is 0 Å². The largest absolute Gasteiger partial charge is 0.497 e. The maximum atomic E-state index is 12.3. The number of carbonyl (C=O) groups excluding carboxylic acids is 2. The van der Waals surface area contributed by atoms with Gasteiger partial charge in [-0.1, -0.05) is 0 Å². The third-order valence-corrected chi connectivity index (χ3v) is 4.66. The molecule has 0 saturated carbocycles. The van der Waals surface area contributed by atoms with Crippen LogP contribution in [0.5, 0.6) is 5.75 Å². The molecular formula is C21H26N3O3+. The van der Waals surface area contributed by atoms with Crippen LogP contribution in [-0.2, 0) is 16.1 Å². The molecule has 1 aliphatic heterocycles. The summed E-state index contributed by atoms with van der Waals surface area (Å²) in [6, 6.07) is 15.3. The highest BCUT2D eigenvalue weighted by atomic mass is 16.5. The maximum Gasteiger partial charge on any atom is 0.279 e. The van der Waals surface area contributed by atoms with E-state index < -0.39 is 0 Å². The molecule has 2 aromatic carbocycles. The Bertz CT molecular complexity index is 787. The third-order valence-electron chi connectivity index (χ3n) is 4.66. The Morgan fingerprint density at radius 1 is 1.15 bits per heavy atom. The average molecular weight is 368 g/mol. The van der Waals surface area contributed by atoms with Crippen LogP contribution in [0.2, 0.25) is 0 Å². The summed E-state index contributed by atoms with van der Waals surface area (Å²) in [5.41, 5.74) is 2.78. The van der Waals surface area contributed by atoms with E-state index in [0.29, 0.717) is 13.0 Å². The Morgan fingerprint density at radius 2 is 1.85 bits per heavy atom. The van der Waals surface area contributed by atoms with Crippen LogP contribution in [0.3, 0.4) is 0 Å². The minimum Gasteiger partial charge on any atom is -0.497 e. The Morgan fingerprint density at radius 3 is 2.44 bits per heavy atom. The van der Waals surface area contributed by atoms with Crippen LogP contribution in [0.4, 0.5) is 11.4 Å². The summed E-state index contributed by atoms with van der Waals surface area (Å²) < 4.78 is 5.16. The van der Waals surface area contributed by atoms with Crippen molar-refractivity contribution in [3.63, 3.8) is 0 Å². The Balaban J connectivity index is 1.50. The highest BCUT2D eigenvalue weighted by Gasteiger charge is 2.21. The molecule has 0 spiro atoms. The molecule has 0 aliphatic carbocycles. The van der Waals surface area contributed by atoms with Gasteiger partial charge < -0.3 is 19.9 Å². The zero-order chi connectivity index (χ0) is 19.2. The van der Waals surface area contributed by atoms with Gasteiger partial charge in [-0.25, -0.2) is 0 Å². The quantitative estimate of drug-likeness (QED) is 0.778. The summed E-state index contributed by atoms with van der Waals surface area (Å²) in [5, 5.41) is 2.92. The second-order valence-corrected chi connectivity index (χ2v) is 6.90. The van der Waals surface area contributed by atoms with Gasteiger partial charge in [0.25, 0.3) is 5.91 Å². The molecule has 1 atom stereocenters. The van der Waals surface area contributed by atoms with Gasteiger partial charge in [0.2, 0.25) is 5.91 Å². The molecule has 6 nitrogen and oxygen atoms in total. The minimum absolute atomic E-state index is 0.0361. The number of carbonyl (C=O) groups is 2. The second kappa shape index (κ2) is 8.68. The second-order valence-electron chi connectivity index (χ2n) is 6.90. The first kappa shape index (κ1) is 18.9. The van der Waals surface area contributed by atoms with Crippen LogP contribution < -0.4 is 19.9 Å². The van der Waals surface area contributed by atoms with E-state index in [1.165, 1.54) is 0 Å². The smallest absolute Gasteiger partial charge is 0.279 e. The summed E-state index contributed by atoms with van der Waals surface area (Å²) in [6.45, 7) is 1.90. The predicted octanol–water partition coefficient (Wildman–Crippen LogP) is 1.48. The maximum absolute atomic E-state index is 12.3. The van der Waals surface area contributed by atoms with Crippen LogP contribution in [0.15, 0.2) is 48.5 Å². The molecule has 2 aromatic rings. The van der Waals surface area contributed by atoms with E-state index in [4.69, 9.17) is 4.74 Å². The first-order valence-corrected chi connectivity index (χ1v) is 9.19. The highest BCUT2D eigenvalue weighted by molar-refractivity contribution is 5.96. The normalized spacial score (nSPS) is 14.9. The summed E-state index contributed by atoms with van der Waals surface area (Å²) in [5.74, 6) is 0.953. The van der Waals surface area contributed by atoms with Crippen molar-refractivity contribution in [3.8, 4) is 5.75 Å². The van der Waals surface area contributed by atoms with Crippen molar-refractivity contribution >= 4 is 23.2 Å². The highest BCUT2D eigenvalue weighted by Crippen LogP contribution is 2.22. The van der Waals surface area contributed by atoms with Crippen LogP contribution in [0, 0.1) is 0 Å². The zero-order valence-electron chi connectivity index (χ0n) is 15.8. The van der Waals surface area contributed by atoms with Crippen molar-refractivity contribution in [2.75, 3.05) is 37.5 Å². The number of anilines is 2. The monoisotopic (exact) mass is 368 g/mol. The van der Waals surface area contributed by atoms with Gasteiger partial charge in [0.1, 0.15) is 12.3 Å². The van der Waals surface area contributed by atoms with Crippen molar-refractivity contribution in [2.24, 2.45) is 0 Å². The van der Waals surface area contributed by atoms with E-state index in [1.54, 1.807) is 12.0 Å². The van der Waals surface area contributed by atoms with E-state index >= 15 is 0 Å². The molecule has 3 rings (SSSR count). The standard InChI is InChI=1S/C21H25N3O3/c1-23(14-16-5-11-19(27-2)12-6-16)15-20(25)22-17-7-9-18(10-8-17)24-13-3-4-21(24)26/h5-12H,3-4,13-15H2,1-2H3,(H,22,25)/p+1. The molecule has 1 aliphatic rings. The summed E-state index contributed by atoms with van der Waals surface area (Å²) >= 11 is 0. The number of nitrogens with zero attached hydrogens (tertiary/aromatic N) is 1. The van der Waals surface area contributed by atoms with Gasteiger partial charge in [0.15, 0.2) is 6.54 Å². The van der Waals surface area contributed by atoms with E-state index in [1.807, 2.05) is 55.6 Å². The molecule has 2 amide bonds. The van der Waals surface area contributed by atoms with Crippen LogP contribution in [0.25, 0.3) is 0 Å². The molecule has 0 bridgehead atoms. The van der Waals surface area contributed by atoms with Crippen molar-refractivity contribution < 1.29 is 19.2 Å². The van der Waals surface area contributed by atoms with Crippen LogP contribution in [-0.4, -0.2) is 39.1 Å². The fourth-order valence-corrected chi connectivity index (χ4v) is 3.28. The molecule has 2 N–H and O–H groups in total. The van der Waals surface area contributed by atoms with Gasteiger partial charge in [-0.2, -0.15) is 0 Å². The molecule has 142 valence electrons. The lowest BCUT2D eigenvalue weighted by Gasteiger charge is -2.17. The molecule has 1 saturated heterocycles. The van der Waals surface area contributed by atoms with Crippen molar-refractivity contribution in [2.45, 2.75) is 19.4 Å². The average Bonchev–Trinajstić information content (AvgIpc) is 3.08. The Hall–Kier alpha value is -2.86. The topological polar surface area (TPSA) is 63.1 Å². The van der Waals surface area contributed by atoms with E-state index in [0.717, 1.165) is 47.1 Å². The predicted molar refractivity (Wildman–Crippen MR) is 105 cm³/mol. The van der Waals surface area contributed by atoms with E-state index in [9.17, 15) is 9.59 Å². The Kier molecular flexibility index (Phi) is 6.08. The van der Waals surface area contributed by atoms with Crippen molar-refractivity contribution in [1.29, 1.82) is 0 Å². The van der Waals surface area contributed by atoms with E-state index in [2.05, 4.69) is 5.32 Å². The summed E-state index contributed by atoms with van der Waals surface area (Å²) in [7, 11) is 3.64. The molecule has 27 heavy (non-hydrogen) atoms. The first-order chi connectivity index (χ1) is 13.0. The van der Waals surface area contributed by atoms with Gasteiger partial charge in [0.05, 0.1) is 14.2 Å². The molecule has 6 heteroatoms. The number of hydrogen-bond donors (Lipinski definition) is 2. The summed E-state index contributed by atoms with van der Waals surface area (Å²) in [6.07, 6.45) is 1.52. The number of benzene rings is 2. The Labute approximate surface area is 159 Å². The first-order valence-electron chi connectivity index (χ1n) is 9.19. The lowest BCUT2D eigenvalue weighted by Crippen LogP contribution is -3.08. The molecule has 1 unspecified atom stereocenters. The lowest BCUT2D eigenvalue weighted by molar-refractivity contribution is -0.885. The van der Waals surface area contributed by atoms with Gasteiger partial charge in [-0.3, -0.25) is 9.59 Å². The number of hydrogen-bond acceptors (Lipinski definition) is 3. The molecule has 1 heterocycles. The van der Waals surface area contributed by atoms with Crippen molar-refractivity contribution in [1.82, 2.24) is 0 Å². The number of amides is 2. The number of ether oxygens (including phenoxy) is 1. The fourth-order valence-electron chi connectivity index (χ4n) is 3.28.